The number of rotatable bonds is 4. The normalized spacial score (nSPS) is 23.9. The molecule has 1 saturated heterocycles. The summed E-state index contributed by atoms with van der Waals surface area (Å²) in [4.78, 5) is 21.8. The van der Waals surface area contributed by atoms with Gasteiger partial charge in [-0.2, -0.15) is 0 Å². The van der Waals surface area contributed by atoms with E-state index in [9.17, 15) is 9.90 Å². The molecule has 4 rings (SSSR count). The first kappa shape index (κ1) is 19.9. The zero-order valence-corrected chi connectivity index (χ0v) is 17.4. The van der Waals surface area contributed by atoms with Crippen molar-refractivity contribution >= 4 is 5.91 Å². The summed E-state index contributed by atoms with van der Waals surface area (Å²) in [5, 5.41) is 11.6. The highest BCUT2D eigenvalue weighted by atomic mass is 16.5. The van der Waals surface area contributed by atoms with Crippen molar-refractivity contribution in [3.05, 3.63) is 58.8 Å². The fourth-order valence-corrected chi connectivity index (χ4v) is 4.69. The number of methoxy groups -OCH3 is 1. The number of hydrogen-bond acceptors (Lipinski definition) is 5. The Morgan fingerprint density at radius 2 is 2.03 bits per heavy atom. The second-order valence-electron chi connectivity index (χ2n) is 8.28. The fourth-order valence-electron chi connectivity index (χ4n) is 4.69. The van der Waals surface area contributed by atoms with Crippen LogP contribution in [0, 0.1) is 0 Å². The van der Waals surface area contributed by atoms with Crippen molar-refractivity contribution in [1.29, 1.82) is 0 Å². The molecule has 2 aromatic rings. The number of hydrogen-bond donors (Lipinski definition) is 1. The smallest absolute Gasteiger partial charge is 0.259 e. The lowest BCUT2D eigenvalue weighted by molar-refractivity contribution is -0.0810. The van der Waals surface area contributed by atoms with Gasteiger partial charge in [-0.25, -0.2) is 4.98 Å². The molecule has 154 valence electrons. The lowest BCUT2D eigenvalue weighted by Crippen LogP contribution is -2.60. The van der Waals surface area contributed by atoms with Crippen molar-refractivity contribution in [1.82, 2.24) is 14.8 Å². The molecule has 0 radical (unpaired) electrons. The van der Waals surface area contributed by atoms with E-state index < -0.39 is 5.60 Å². The maximum absolute atomic E-state index is 13.4. The molecule has 1 aliphatic heterocycles. The van der Waals surface area contributed by atoms with Gasteiger partial charge in [-0.3, -0.25) is 4.79 Å². The van der Waals surface area contributed by atoms with Gasteiger partial charge in [-0.15, -0.1) is 0 Å². The summed E-state index contributed by atoms with van der Waals surface area (Å²) in [6.45, 7) is 0.923. The number of pyridine rings is 1. The lowest BCUT2D eigenvalue weighted by Gasteiger charge is -2.47. The van der Waals surface area contributed by atoms with Crippen molar-refractivity contribution in [2.24, 2.45) is 0 Å². The number of carbonyl (C=O) groups is 1. The Morgan fingerprint density at radius 1 is 1.28 bits per heavy atom. The number of aromatic nitrogens is 1. The minimum Gasteiger partial charge on any atom is -0.480 e. The molecule has 1 aromatic heterocycles. The first-order valence-electron chi connectivity index (χ1n) is 10.2. The molecule has 0 saturated carbocycles. The van der Waals surface area contributed by atoms with Gasteiger partial charge in [0.2, 0.25) is 5.88 Å². The number of aliphatic hydroxyl groups is 1. The Morgan fingerprint density at radius 3 is 2.72 bits per heavy atom. The van der Waals surface area contributed by atoms with Crippen molar-refractivity contribution < 1.29 is 14.6 Å². The second kappa shape index (κ2) is 7.76. The monoisotopic (exact) mass is 395 g/mol. The maximum Gasteiger partial charge on any atom is 0.259 e. The van der Waals surface area contributed by atoms with Gasteiger partial charge in [-0.1, -0.05) is 30.3 Å². The van der Waals surface area contributed by atoms with Crippen molar-refractivity contribution in [3.63, 3.8) is 0 Å². The number of likely N-dealkylation sites (N-methyl/N-ethyl adjacent to an activating group) is 1. The van der Waals surface area contributed by atoms with Gasteiger partial charge in [0.05, 0.1) is 13.2 Å². The standard InChI is InChI=1S/C23H29N3O3/c1-25(2)20-15-26(13-12-23(20,28)17-9-5-4-6-10-17)22(27)18-14-16-8-7-11-19(16)24-21(18)29-3/h4-6,9-10,14,20,28H,7-8,11-13,15H2,1-3H3/t20-,23+/m1/s1. The number of benzene rings is 1. The zero-order valence-electron chi connectivity index (χ0n) is 17.4. The van der Waals surface area contributed by atoms with Crippen LogP contribution < -0.4 is 4.74 Å². The molecular formula is C23H29N3O3. The van der Waals surface area contributed by atoms with Crippen LogP contribution in [0.1, 0.15) is 40.0 Å². The van der Waals surface area contributed by atoms with Crippen molar-refractivity contribution in [3.8, 4) is 5.88 Å². The fraction of sp³-hybridized carbons (Fsp3) is 0.478. The highest BCUT2D eigenvalue weighted by Crippen LogP contribution is 2.36. The zero-order chi connectivity index (χ0) is 20.6. The van der Waals surface area contributed by atoms with Gasteiger partial charge < -0.3 is 19.6 Å². The molecule has 6 heteroatoms. The Hall–Kier alpha value is -2.44. The third-order valence-electron chi connectivity index (χ3n) is 6.33. The summed E-state index contributed by atoms with van der Waals surface area (Å²) in [5.41, 5.74) is 2.61. The van der Waals surface area contributed by atoms with Crippen LogP contribution in [0.5, 0.6) is 5.88 Å². The lowest BCUT2D eigenvalue weighted by atomic mass is 9.79. The molecule has 1 amide bonds. The van der Waals surface area contributed by atoms with E-state index in [1.807, 2.05) is 60.3 Å². The molecule has 29 heavy (non-hydrogen) atoms. The van der Waals surface area contributed by atoms with Crippen LogP contribution in [-0.4, -0.2) is 66.1 Å². The molecular weight excluding hydrogens is 366 g/mol. The number of fused-ring (bicyclic) bond motifs is 1. The molecule has 2 aliphatic rings. The SMILES string of the molecule is COc1nc2c(cc1C(=O)N1CC[C@](O)(c3ccccc3)[C@H](N(C)C)C1)CCC2. The molecule has 2 atom stereocenters. The van der Waals surface area contributed by atoms with E-state index >= 15 is 0 Å². The Labute approximate surface area is 172 Å². The predicted molar refractivity (Wildman–Crippen MR) is 111 cm³/mol. The quantitative estimate of drug-likeness (QED) is 0.860. The first-order chi connectivity index (χ1) is 13.9. The van der Waals surface area contributed by atoms with Gasteiger partial charge in [0.1, 0.15) is 11.2 Å². The van der Waals surface area contributed by atoms with Gasteiger partial charge in [0, 0.05) is 18.8 Å². The van der Waals surface area contributed by atoms with Crippen LogP contribution in [0.3, 0.4) is 0 Å². The summed E-state index contributed by atoms with van der Waals surface area (Å²) in [6.07, 6.45) is 3.45. The van der Waals surface area contributed by atoms with Crippen molar-refractivity contribution in [2.45, 2.75) is 37.3 Å². The number of amides is 1. The molecule has 1 aliphatic carbocycles. The summed E-state index contributed by atoms with van der Waals surface area (Å²) in [7, 11) is 5.46. The highest BCUT2D eigenvalue weighted by Gasteiger charge is 2.45. The number of ether oxygens (including phenoxy) is 1. The number of aryl methyl sites for hydroxylation is 2. The minimum atomic E-state index is -0.998. The Balaban J connectivity index is 1.62. The number of likely N-dealkylation sites (tertiary alicyclic amines) is 1. The van der Waals surface area contributed by atoms with E-state index in [4.69, 9.17) is 4.74 Å². The van der Waals surface area contributed by atoms with Crippen LogP contribution >= 0.6 is 0 Å². The summed E-state index contributed by atoms with van der Waals surface area (Å²) in [6, 6.07) is 11.5. The molecule has 0 unspecified atom stereocenters. The summed E-state index contributed by atoms with van der Waals surface area (Å²) < 4.78 is 5.45. The molecule has 0 bridgehead atoms. The average molecular weight is 396 g/mol. The first-order valence-corrected chi connectivity index (χ1v) is 10.2. The van der Waals surface area contributed by atoms with E-state index in [-0.39, 0.29) is 11.9 Å². The summed E-state index contributed by atoms with van der Waals surface area (Å²) >= 11 is 0. The number of carbonyl (C=O) groups excluding carboxylic acids is 1. The third kappa shape index (κ3) is 3.51. The highest BCUT2D eigenvalue weighted by molar-refractivity contribution is 5.96. The van der Waals surface area contributed by atoms with Crippen LogP contribution in [0.4, 0.5) is 0 Å². The predicted octanol–water partition coefficient (Wildman–Crippen LogP) is 2.24. The Kier molecular flexibility index (Phi) is 5.32. The van der Waals surface area contributed by atoms with E-state index in [1.54, 1.807) is 7.11 Å². The maximum atomic E-state index is 13.4. The topological polar surface area (TPSA) is 65.9 Å². The number of nitrogens with zero attached hydrogens (tertiary/aromatic N) is 3. The van der Waals surface area contributed by atoms with Gasteiger partial charge >= 0.3 is 0 Å². The van der Waals surface area contributed by atoms with Crippen LogP contribution in [0.2, 0.25) is 0 Å². The van der Waals surface area contributed by atoms with Gasteiger partial charge in [-0.05, 0) is 57.0 Å². The molecule has 1 aromatic carbocycles. The molecule has 1 fully saturated rings. The third-order valence-corrected chi connectivity index (χ3v) is 6.33. The van der Waals surface area contributed by atoms with E-state index in [1.165, 1.54) is 0 Å². The summed E-state index contributed by atoms with van der Waals surface area (Å²) in [5.74, 6) is 0.326. The Bertz CT molecular complexity index is 900. The van der Waals surface area contributed by atoms with Crippen LogP contribution in [0.25, 0.3) is 0 Å². The largest absolute Gasteiger partial charge is 0.480 e. The average Bonchev–Trinajstić information content (AvgIpc) is 3.20. The minimum absolute atomic E-state index is 0.0778. The van der Waals surface area contributed by atoms with Crippen LogP contribution in [0.15, 0.2) is 36.4 Å². The van der Waals surface area contributed by atoms with Gasteiger partial charge in [0.15, 0.2) is 0 Å². The molecule has 2 heterocycles. The number of piperidine rings is 1. The van der Waals surface area contributed by atoms with E-state index in [0.717, 1.165) is 36.1 Å². The second-order valence-corrected chi connectivity index (χ2v) is 8.28. The molecule has 6 nitrogen and oxygen atoms in total. The van der Waals surface area contributed by atoms with E-state index in [2.05, 4.69) is 4.98 Å². The van der Waals surface area contributed by atoms with E-state index in [0.29, 0.717) is 31.0 Å². The van der Waals surface area contributed by atoms with Gasteiger partial charge in [0.25, 0.3) is 5.91 Å². The molecule has 1 N–H and O–H groups in total. The van der Waals surface area contributed by atoms with Crippen LogP contribution in [-0.2, 0) is 18.4 Å². The van der Waals surface area contributed by atoms with Crippen molar-refractivity contribution in [2.75, 3.05) is 34.3 Å². The molecule has 0 spiro atoms.